The maximum Gasteiger partial charge on any atom is 0.341 e. The Morgan fingerprint density at radius 2 is 2.17 bits per heavy atom. The van der Waals surface area contributed by atoms with Gasteiger partial charge in [-0.15, -0.1) is 0 Å². The van der Waals surface area contributed by atoms with E-state index in [-0.39, 0.29) is 17.0 Å². The van der Waals surface area contributed by atoms with Crippen molar-refractivity contribution in [3.63, 3.8) is 0 Å². The Bertz CT molecular complexity index is 1090. The van der Waals surface area contributed by atoms with Crippen LogP contribution in [0.5, 0.6) is 0 Å². The normalized spacial score (nSPS) is 23.2. The summed E-state index contributed by atoms with van der Waals surface area (Å²) in [6, 6.07) is 2.89. The number of carbonyl (C=O) groups is 1. The van der Waals surface area contributed by atoms with E-state index in [1.54, 1.807) is 10.6 Å². The van der Waals surface area contributed by atoms with E-state index in [1.807, 2.05) is 11.8 Å². The van der Waals surface area contributed by atoms with Gasteiger partial charge in [0.2, 0.25) is 5.43 Å². The second-order valence-electron chi connectivity index (χ2n) is 7.98. The summed E-state index contributed by atoms with van der Waals surface area (Å²) >= 11 is 0. The summed E-state index contributed by atoms with van der Waals surface area (Å²) < 4.78 is 16.8. The van der Waals surface area contributed by atoms with Gasteiger partial charge in [-0.2, -0.15) is 0 Å². The van der Waals surface area contributed by atoms with Crippen molar-refractivity contribution in [3.8, 4) is 0 Å². The topological polar surface area (TPSA) is 110 Å². The minimum Gasteiger partial charge on any atom is -0.477 e. The van der Waals surface area contributed by atoms with Crippen LogP contribution in [0.4, 0.5) is 10.1 Å². The molecule has 1 aromatic heterocycles. The van der Waals surface area contributed by atoms with Crippen LogP contribution in [0.2, 0.25) is 0 Å². The molecule has 1 saturated heterocycles. The first kappa shape index (κ1) is 19.4. The lowest BCUT2D eigenvalue weighted by Crippen LogP contribution is -2.35. The van der Waals surface area contributed by atoms with Gasteiger partial charge >= 0.3 is 5.97 Å². The molecule has 3 N–H and O–H groups in total. The molecule has 2 aliphatic rings. The van der Waals surface area contributed by atoms with E-state index >= 15 is 4.39 Å². The van der Waals surface area contributed by atoms with E-state index in [2.05, 4.69) is 5.16 Å². The number of pyridine rings is 1. The van der Waals surface area contributed by atoms with Crippen molar-refractivity contribution in [1.29, 1.82) is 0 Å². The van der Waals surface area contributed by atoms with Gasteiger partial charge in [0.15, 0.2) is 0 Å². The zero-order chi connectivity index (χ0) is 20.9. The molecular weight excluding hydrogens is 379 g/mol. The van der Waals surface area contributed by atoms with E-state index < -0.39 is 22.6 Å². The van der Waals surface area contributed by atoms with Gasteiger partial charge < -0.3 is 25.1 Å². The number of nitrogens with two attached hydrogens (primary N) is 1. The molecule has 1 atom stereocenters. The second kappa shape index (κ2) is 6.84. The number of rotatable bonds is 5. The Morgan fingerprint density at radius 3 is 2.76 bits per heavy atom. The summed E-state index contributed by atoms with van der Waals surface area (Å²) in [6.45, 7) is 3.08. The van der Waals surface area contributed by atoms with Crippen LogP contribution in [-0.4, -0.2) is 48.1 Å². The maximum atomic E-state index is 15.1. The second-order valence-corrected chi connectivity index (χ2v) is 7.98. The van der Waals surface area contributed by atoms with Gasteiger partial charge in [-0.3, -0.25) is 4.79 Å². The minimum absolute atomic E-state index is 0.0737. The van der Waals surface area contributed by atoms with Crippen molar-refractivity contribution in [3.05, 3.63) is 39.9 Å². The molecule has 1 aliphatic carbocycles. The molecule has 1 saturated carbocycles. The molecule has 0 unspecified atom stereocenters. The number of fused-ring (bicyclic) bond motifs is 1. The van der Waals surface area contributed by atoms with Gasteiger partial charge in [-0.1, -0.05) is 12.1 Å². The first-order chi connectivity index (χ1) is 13.8. The molecular formula is C20H23FN4O4. The number of hydrogen-bond donors (Lipinski definition) is 2. The number of aromatic carboxylic acids is 1. The van der Waals surface area contributed by atoms with Crippen molar-refractivity contribution in [2.24, 2.45) is 16.3 Å². The number of nitrogens with zero attached hydrogens (tertiary/aromatic N) is 3. The predicted molar refractivity (Wildman–Crippen MR) is 107 cm³/mol. The fourth-order valence-electron chi connectivity index (χ4n) is 3.95. The van der Waals surface area contributed by atoms with Crippen LogP contribution in [0.25, 0.3) is 10.9 Å². The summed E-state index contributed by atoms with van der Waals surface area (Å²) in [5.74, 6) is -1.90. The average molecular weight is 402 g/mol. The largest absolute Gasteiger partial charge is 0.477 e. The van der Waals surface area contributed by atoms with Crippen molar-refractivity contribution in [2.75, 3.05) is 31.6 Å². The highest BCUT2D eigenvalue weighted by molar-refractivity contribution is 5.98. The summed E-state index contributed by atoms with van der Waals surface area (Å²) in [6.07, 6.45) is 3.16. The molecule has 154 valence electrons. The van der Waals surface area contributed by atoms with Gasteiger partial charge in [-0.25, -0.2) is 9.18 Å². The van der Waals surface area contributed by atoms with Crippen LogP contribution in [-0.2, 0) is 4.84 Å². The maximum absolute atomic E-state index is 15.1. The monoisotopic (exact) mass is 402 g/mol. The smallest absolute Gasteiger partial charge is 0.341 e. The Balaban J connectivity index is 1.87. The van der Waals surface area contributed by atoms with E-state index in [0.29, 0.717) is 30.8 Å². The molecule has 2 fully saturated rings. The molecule has 8 nitrogen and oxygen atoms in total. The molecule has 0 bridgehead atoms. The van der Waals surface area contributed by atoms with E-state index in [4.69, 9.17) is 10.6 Å². The highest BCUT2D eigenvalue weighted by atomic mass is 19.1. The van der Waals surface area contributed by atoms with Gasteiger partial charge in [-0.05, 0) is 25.0 Å². The number of hydrogen-bond acceptors (Lipinski definition) is 6. The molecule has 29 heavy (non-hydrogen) atoms. The van der Waals surface area contributed by atoms with Gasteiger partial charge in [0, 0.05) is 36.1 Å². The molecule has 4 rings (SSSR count). The third-order valence-electron chi connectivity index (χ3n) is 5.84. The van der Waals surface area contributed by atoms with Gasteiger partial charge in [0.05, 0.1) is 23.5 Å². The number of oxime groups is 1. The first-order valence-electron chi connectivity index (χ1n) is 9.46. The highest BCUT2D eigenvalue weighted by Crippen LogP contribution is 2.39. The van der Waals surface area contributed by atoms with Crippen LogP contribution in [0.1, 0.15) is 36.2 Å². The van der Waals surface area contributed by atoms with Crippen molar-refractivity contribution in [1.82, 2.24) is 4.57 Å². The summed E-state index contributed by atoms with van der Waals surface area (Å²) in [5.41, 5.74) is 6.05. The zero-order valence-electron chi connectivity index (χ0n) is 16.3. The summed E-state index contributed by atoms with van der Waals surface area (Å²) in [4.78, 5) is 30.8. The average Bonchev–Trinajstić information content (AvgIpc) is 3.47. The SMILES string of the molecule is CO/N=C1/CN(c2cc3c(cc2F)c(=O)c(C(=O)O)cn3C2CC2)C[C@]1(C)CN. The molecule has 2 heterocycles. The Hall–Kier alpha value is -2.94. The zero-order valence-corrected chi connectivity index (χ0v) is 16.3. The van der Waals surface area contributed by atoms with Crippen molar-refractivity contribution < 1.29 is 19.1 Å². The number of carboxylic acid groups (broad SMARTS) is 1. The number of halogens is 1. The lowest BCUT2D eigenvalue weighted by Gasteiger charge is -2.24. The standard InChI is InChI=1S/C20H23FN4O4/c1-20(9-22)10-24(8-17(20)23-29-2)16-6-15-12(5-14(16)21)18(26)13(19(27)28)7-25(15)11-3-4-11/h5-7,11H,3-4,8-10,22H2,1-2H3,(H,27,28)/b23-17-/t20-/m0/s1. The first-order valence-corrected chi connectivity index (χ1v) is 9.46. The molecule has 0 radical (unpaired) electrons. The van der Waals surface area contributed by atoms with E-state index in [9.17, 15) is 14.7 Å². The van der Waals surface area contributed by atoms with Gasteiger partial charge in [0.25, 0.3) is 0 Å². The summed E-state index contributed by atoms with van der Waals surface area (Å²) in [7, 11) is 1.46. The summed E-state index contributed by atoms with van der Waals surface area (Å²) in [5, 5.41) is 13.5. The Kier molecular flexibility index (Phi) is 4.57. The fourth-order valence-corrected chi connectivity index (χ4v) is 3.95. The lowest BCUT2D eigenvalue weighted by molar-refractivity contribution is 0.0695. The predicted octanol–water partition coefficient (Wildman–Crippen LogP) is 1.96. The fraction of sp³-hybridized carbons (Fsp3) is 0.450. The van der Waals surface area contributed by atoms with Crippen LogP contribution < -0.4 is 16.1 Å². The van der Waals surface area contributed by atoms with Crippen LogP contribution in [0.3, 0.4) is 0 Å². The van der Waals surface area contributed by atoms with Gasteiger partial charge in [0.1, 0.15) is 18.5 Å². The molecule has 1 aliphatic heterocycles. The van der Waals surface area contributed by atoms with Crippen molar-refractivity contribution >= 4 is 28.3 Å². The molecule has 2 aromatic rings. The quantitative estimate of drug-likeness (QED) is 0.740. The minimum atomic E-state index is -1.31. The Labute approximate surface area is 166 Å². The number of carboxylic acids is 1. The Morgan fingerprint density at radius 1 is 1.45 bits per heavy atom. The van der Waals surface area contributed by atoms with Crippen LogP contribution >= 0.6 is 0 Å². The molecule has 0 spiro atoms. The third-order valence-corrected chi connectivity index (χ3v) is 5.84. The molecule has 0 amide bonds. The van der Waals surface area contributed by atoms with E-state index in [1.165, 1.54) is 13.3 Å². The number of anilines is 1. The van der Waals surface area contributed by atoms with E-state index in [0.717, 1.165) is 24.6 Å². The molecule has 9 heteroatoms. The highest BCUT2D eigenvalue weighted by Gasteiger charge is 2.41. The van der Waals surface area contributed by atoms with Crippen LogP contribution in [0, 0.1) is 11.2 Å². The van der Waals surface area contributed by atoms with Crippen LogP contribution in [0.15, 0.2) is 28.3 Å². The van der Waals surface area contributed by atoms with Crippen molar-refractivity contribution in [2.45, 2.75) is 25.8 Å². The molecule has 1 aromatic carbocycles. The number of aromatic nitrogens is 1. The number of benzene rings is 1. The lowest BCUT2D eigenvalue weighted by atomic mass is 9.88. The third kappa shape index (κ3) is 3.15.